The van der Waals surface area contributed by atoms with E-state index in [4.69, 9.17) is 16.3 Å². The van der Waals surface area contributed by atoms with E-state index >= 15 is 0 Å². The predicted molar refractivity (Wildman–Crippen MR) is 114 cm³/mol. The maximum atomic E-state index is 12.9. The summed E-state index contributed by atoms with van der Waals surface area (Å²) in [6, 6.07) is -0.948. The van der Waals surface area contributed by atoms with Gasteiger partial charge in [-0.1, -0.05) is 32.1 Å². The molecule has 0 aromatic rings. The van der Waals surface area contributed by atoms with E-state index in [9.17, 15) is 20.1 Å². The molecule has 9 heteroatoms. The number of thioether (sulfide) groups is 1. The van der Waals surface area contributed by atoms with Gasteiger partial charge in [-0.3, -0.25) is 4.79 Å². The van der Waals surface area contributed by atoms with Crippen LogP contribution in [-0.2, 0) is 9.53 Å². The van der Waals surface area contributed by atoms with Gasteiger partial charge in [-0.15, -0.1) is 23.4 Å². The van der Waals surface area contributed by atoms with Gasteiger partial charge in [0.05, 0.1) is 17.5 Å². The number of carbonyl (C=O) groups is 1. The highest BCUT2D eigenvalue weighted by molar-refractivity contribution is 7.99. The molecule has 1 aliphatic carbocycles. The molecule has 2 aliphatic heterocycles. The van der Waals surface area contributed by atoms with E-state index in [0.29, 0.717) is 5.92 Å². The second kappa shape index (κ2) is 10.5. The molecule has 168 valence electrons. The molecule has 3 aliphatic rings. The summed E-state index contributed by atoms with van der Waals surface area (Å²) in [4.78, 5) is 12.9. The number of alkyl halides is 1. The number of rotatable bonds is 9. The van der Waals surface area contributed by atoms with Gasteiger partial charge in [-0.25, -0.2) is 0 Å². The standard InChI is InChI=1S/C20H35ClN2O5S/c1-10(21)13(18-16(25)15(24)17(26)20(28-18)29-2)23-19(27)14-12(9-22-14)8-4-7-11-5-3-6-11/h10-18,20,22,24-26H,3-9H2,1-2H3,(H,23,27)/t10-,12-,13+,14-,15-,16+,17+,18+,20+/m0/s1. The molecule has 0 aromatic heterocycles. The Bertz CT molecular complexity index is 551. The van der Waals surface area contributed by atoms with Crippen molar-refractivity contribution < 1.29 is 24.9 Å². The van der Waals surface area contributed by atoms with E-state index < -0.39 is 41.3 Å². The lowest BCUT2D eigenvalue weighted by Crippen LogP contribution is -2.67. The average molecular weight is 451 g/mol. The topological polar surface area (TPSA) is 111 Å². The van der Waals surface area contributed by atoms with Gasteiger partial charge < -0.3 is 30.7 Å². The lowest BCUT2D eigenvalue weighted by Gasteiger charge is -2.45. The fourth-order valence-electron chi connectivity index (χ4n) is 4.51. The summed E-state index contributed by atoms with van der Waals surface area (Å²) in [5.41, 5.74) is -0.700. The molecule has 0 spiro atoms. The van der Waals surface area contributed by atoms with Gasteiger partial charge in [-0.2, -0.15) is 0 Å². The van der Waals surface area contributed by atoms with Crippen LogP contribution in [-0.4, -0.2) is 81.3 Å². The Morgan fingerprint density at radius 2 is 1.97 bits per heavy atom. The van der Waals surface area contributed by atoms with Crippen molar-refractivity contribution in [3.63, 3.8) is 0 Å². The molecule has 0 unspecified atom stereocenters. The Hall–Kier alpha value is -0.0900. The Kier molecular flexibility index (Phi) is 8.52. The molecule has 29 heavy (non-hydrogen) atoms. The van der Waals surface area contributed by atoms with Crippen LogP contribution in [0.4, 0.5) is 0 Å². The molecular formula is C20H35ClN2O5S. The number of hydrogen-bond acceptors (Lipinski definition) is 7. The number of amides is 1. The smallest absolute Gasteiger partial charge is 0.237 e. The number of aliphatic hydroxyl groups is 3. The van der Waals surface area contributed by atoms with Crippen molar-refractivity contribution in [3.8, 4) is 0 Å². The zero-order valence-electron chi connectivity index (χ0n) is 17.2. The van der Waals surface area contributed by atoms with Crippen molar-refractivity contribution in [1.82, 2.24) is 10.6 Å². The van der Waals surface area contributed by atoms with Gasteiger partial charge in [0.25, 0.3) is 0 Å². The molecule has 0 aromatic carbocycles. The number of carbonyl (C=O) groups excluding carboxylic acids is 1. The van der Waals surface area contributed by atoms with Gasteiger partial charge in [-0.05, 0) is 31.4 Å². The van der Waals surface area contributed by atoms with Crippen LogP contribution in [0.25, 0.3) is 0 Å². The maximum Gasteiger partial charge on any atom is 0.237 e. The van der Waals surface area contributed by atoms with Crippen LogP contribution in [0.5, 0.6) is 0 Å². The largest absolute Gasteiger partial charge is 0.388 e. The SMILES string of the molecule is CS[C@H]1O[C@H]([C@H](NC(=O)[C@H]2NC[C@@H]2CCCC2CCC2)[C@H](C)Cl)[C@H](O)[C@H](O)[C@H]1O. The molecule has 1 saturated carbocycles. The highest BCUT2D eigenvalue weighted by Crippen LogP contribution is 2.33. The van der Waals surface area contributed by atoms with Crippen molar-refractivity contribution in [2.24, 2.45) is 11.8 Å². The molecule has 0 bridgehead atoms. The zero-order chi connectivity index (χ0) is 21.1. The maximum absolute atomic E-state index is 12.9. The highest BCUT2D eigenvalue weighted by atomic mass is 35.5. The first-order chi connectivity index (χ1) is 13.8. The number of halogens is 1. The first kappa shape index (κ1) is 23.6. The molecule has 3 fully saturated rings. The fraction of sp³-hybridized carbons (Fsp3) is 0.950. The Morgan fingerprint density at radius 1 is 1.24 bits per heavy atom. The minimum Gasteiger partial charge on any atom is -0.388 e. The molecule has 0 radical (unpaired) electrons. The van der Waals surface area contributed by atoms with Crippen molar-refractivity contribution in [2.75, 3.05) is 12.8 Å². The average Bonchev–Trinajstić information content (AvgIpc) is 2.62. The predicted octanol–water partition coefficient (Wildman–Crippen LogP) is 0.827. The molecular weight excluding hydrogens is 416 g/mol. The molecule has 1 amide bonds. The van der Waals surface area contributed by atoms with Crippen molar-refractivity contribution in [1.29, 1.82) is 0 Å². The van der Waals surface area contributed by atoms with E-state index in [1.807, 2.05) is 0 Å². The van der Waals surface area contributed by atoms with Gasteiger partial charge in [0.2, 0.25) is 5.91 Å². The lowest BCUT2D eigenvalue weighted by atomic mass is 9.79. The number of nitrogens with one attached hydrogen (secondary N) is 2. The van der Waals surface area contributed by atoms with E-state index in [-0.39, 0.29) is 11.9 Å². The van der Waals surface area contributed by atoms with E-state index in [1.54, 1.807) is 13.2 Å². The third-order valence-corrected chi connectivity index (χ3v) is 7.89. The molecule has 9 atom stereocenters. The monoisotopic (exact) mass is 450 g/mol. The van der Waals surface area contributed by atoms with Gasteiger partial charge >= 0.3 is 0 Å². The summed E-state index contributed by atoms with van der Waals surface area (Å²) >= 11 is 7.57. The second-order valence-electron chi connectivity index (χ2n) is 8.76. The van der Waals surface area contributed by atoms with Crippen LogP contribution < -0.4 is 10.6 Å². The normalized spacial score (nSPS) is 39.9. The second-order valence-corrected chi connectivity index (χ2v) is 10.4. The molecule has 5 N–H and O–H groups in total. The Morgan fingerprint density at radius 3 is 2.48 bits per heavy atom. The Balaban J connectivity index is 1.55. The zero-order valence-corrected chi connectivity index (χ0v) is 18.7. The minimum absolute atomic E-state index is 0.153. The van der Waals surface area contributed by atoms with Crippen molar-refractivity contribution >= 4 is 29.3 Å². The first-order valence-electron chi connectivity index (χ1n) is 10.7. The summed E-state index contributed by atoms with van der Waals surface area (Å²) in [6.45, 7) is 2.56. The van der Waals surface area contributed by atoms with E-state index in [2.05, 4.69) is 10.6 Å². The number of aliphatic hydroxyl groups excluding tert-OH is 3. The molecule has 2 heterocycles. The molecule has 3 rings (SSSR count). The number of ether oxygens (including phenoxy) is 1. The summed E-state index contributed by atoms with van der Waals surface area (Å²) in [7, 11) is 0. The molecule has 2 saturated heterocycles. The minimum atomic E-state index is -1.36. The third-order valence-electron chi connectivity index (χ3n) is 6.76. The lowest BCUT2D eigenvalue weighted by molar-refractivity contribution is -0.205. The van der Waals surface area contributed by atoms with Crippen LogP contribution in [0.1, 0.15) is 45.4 Å². The summed E-state index contributed by atoms with van der Waals surface area (Å²) in [6.07, 6.45) is 4.44. The van der Waals surface area contributed by atoms with Crippen LogP contribution in [0, 0.1) is 11.8 Å². The highest BCUT2D eigenvalue weighted by Gasteiger charge is 2.48. The van der Waals surface area contributed by atoms with Gasteiger partial charge in [0.15, 0.2) is 0 Å². The third kappa shape index (κ3) is 5.40. The Labute approximate surface area is 182 Å². The first-order valence-corrected chi connectivity index (χ1v) is 12.5. The summed E-state index contributed by atoms with van der Waals surface area (Å²) < 4.78 is 5.81. The van der Waals surface area contributed by atoms with Crippen LogP contribution in [0.2, 0.25) is 0 Å². The van der Waals surface area contributed by atoms with Crippen molar-refractivity contribution in [3.05, 3.63) is 0 Å². The number of hydrogen-bond donors (Lipinski definition) is 5. The van der Waals surface area contributed by atoms with E-state index in [0.717, 1.165) is 25.3 Å². The quantitative estimate of drug-likeness (QED) is 0.331. The van der Waals surface area contributed by atoms with Crippen LogP contribution in [0.3, 0.4) is 0 Å². The van der Waals surface area contributed by atoms with Gasteiger partial charge in [0, 0.05) is 6.54 Å². The van der Waals surface area contributed by atoms with Crippen molar-refractivity contribution in [2.45, 2.75) is 92.8 Å². The molecule has 7 nitrogen and oxygen atoms in total. The van der Waals surface area contributed by atoms with Gasteiger partial charge in [0.1, 0.15) is 29.9 Å². The summed E-state index contributed by atoms with van der Waals surface area (Å²) in [5.74, 6) is 1.04. The van der Waals surface area contributed by atoms with Crippen LogP contribution >= 0.6 is 23.4 Å². The van der Waals surface area contributed by atoms with E-state index in [1.165, 1.54) is 37.4 Å². The summed E-state index contributed by atoms with van der Waals surface area (Å²) in [5, 5.41) is 36.3. The fourth-order valence-corrected chi connectivity index (χ4v) is 5.39. The van der Waals surface area contributed by atoms with Crippen LogP contribution in [0.15, 0.2) is 0 Å².